The van der Waals surface area contributed by atoms with Crippen LogP contribution in [0.1, 0.15) is 28.9 Å². The summed E-state index contributed by atoms with van der Waals surface area (Å²) in [4.78, 5) is 12.0. The van der Waals surface area contributed by atoms with E-state index in [0.717, 1.165) is 11.6 Å². The highest BCUT2D eigenvalue weighted by Gasteiger charge is 2.17. The molecule has 1 unspecified atom stereocenters. The van der Waals surface area contributed by atoms with Gasteiger partial charge in [0.2, 0.25) is 0 Å². The summed E-state index contributed by atoms with van der Waals surface area (Å²) in [5.74, 6) is -2.53. The number of benzene rings is 2. The molecule has 0 aliphatic heterocycles. The summed E-state index contributed by atoms with van der Waals surface area (Å²) in [7, 11) is 0. The second-order valence-electron chi connectivity index (χ2n) is 4.60. The zero-order valence-corrected chi connectivity index (χ0v) is 11.9. The number of nitrogens with two attached hydrogens (primary N) is 1. The highest BCUT2D eigenvalue weighted by Crippen LogP contribution is 2.20. The van der Waals surface area contributed by atoms with Crippen LogP contribution in [0.2, 0.25) is 5.02 Å². The molecule has 0 saturated carbocycles. The molecule has 1 atom stereocenters. The molecule has 6 heteroatoms. The monoisotopic (exact) mass is 310 g/mol. The van der Waals surface area contributed by atoms with Crippen LogP contribution in [0.15, 0.2) is 36.4 Å². The van der Waals surface area contributed by atoms with Crippen LogP contribution in [0.25, 0.3) is 0 Å². The van der Waals surface area contributed by atoms with E-state index in [0.29, 0.717) is 11.1 Å². The molecule has 2 rings (SSSR count). The van der Waals surface area contributed by atoms with Gasteiger partial charge < -0.3 is 11.1 Å². The molecule has 2 aromatic carbocycles. The molecule has 0 saturated heterocycles. The molecule has 3 nitrogen and oxygen atoms in total. The van der Waals surface area contributed by atoms with Crippen LogP contribution in [0.5, 0.6) is 0 Å². The van der Waals surface area contributed by atoms with E-state index in [1.165, 1.54) is 0 Å². The first-order valence-corrected chi connectivity index (χ1v) is 6.57. The van der Waals surface area contributed by atoms with E-state index in [2.05, 4.69) is 5.32 Å². The van der Waals surface area contributed by atoms with Crippen molar-refractivity contribution in [2.45, 2.75) is 13.0 Å². The predicted molar refractivity (Wildman–Crippen MR) is 78.1 cm³/mol. The van der Waals surface area contributed by atoms with Crippen molar-refractivity contribution in [3.8, 4) is 0 Å². The van der Waals surface area contributed by atoms with Gasteiger partial charge in [0.1, 0.15) is 11.6 Å². The van der Waals surface area contributed by atoms with E-state index in [1.807, 2.05) is 0 Å². The first kappa shape index (κ1) is 15.3. The van der Waals surface area contributed by atoms with E-state index in [4.69, 9.17) is 17.3 Å². The number of nitrogens with one attached hydrogen (secondary N) is 1. The fourth-order valence-corrected chi connectivity index (χ4v) is 2.07. The number of amides is 1. The van der Waals surface area contributed by atoms with Crippen molar-refractivity contribution >= 4 is 23.2 Å². The summed E-state index contributed by atoms with van der Waals surface area (Å²) in [5, 5.41) is 3.14. The maximum absolute atomic E-state index is 13.6. The lowest BCUT2D eigenvalue weighted by Gasteiger charge is -2.15. The zero-order chi connectivity index (χ0) is 15.6. The van der Waals surface area contributed by atoms with Gasteiger partial charge in [-0.05, 0) is 30.7 Å². The summed E-state index contributed by atoms with van der Waals surface area (Å²) >= 11 is 5.87. The minimum atomic E-state index is -0.961. The third kappa shape index (κ3) is 3.49. The van der Waals surface area contributed by atoms with Gasteiger partial charge in [-0.3, -0.25) is 4.79 Å². The van der Waals surface area contributed by atoms with Crippen LogP contribution in [0.4, 0.5) is 14.5 Å². The highest BCUT2D eigenvalue weighted by molar-refractivity contribution is 6.30. The molecule has 0 radical (unpaired) electrons. The molecule has 1 amide bonds. The molecule has 0 fully saturated rings. The lowest BCUT2D eigenvalue weighted by molar-refractivity contribution is 0.0936. The summed E-state index contributed by atoms with van der Waals surface area (Å²) in [6.07, 6.45) is 0. The van der Waals surface area contributed by atoms with Crippen molar-refractivity contribution in [2.75, 3.05) is 5.73 Å². The third-order valence-electron chi connectivity index (χ3n) is 3.03. The third-order valence-corrected chi connectivity index (χ3v) is 3.26. The Bertz CT molecular complexity index is 691. The number of halogens is 3. The largest absolute Gasteiger partial charge is 0.396 e. The number of rotatable bonds is 3. The first-order valence-electron chi connectivity index (χ1n) is 6.19. The second kappa shape index (κ2) is 6.10. The maximum Gasteiger partial charge on any atom is 0.254 e. The fraction of sp³-hybridized carbons (Fsp3) is 0.133. The number of carbonyl (C=O) groups excluding carboxylic acids is 1. The fourth-order valence-electron chi connectivity index (χ4n) is 1.87. The van der Waals surface area contributed by atoms with Crippen molar-refractivity contribution in [1.82, 2.24) is 5.32 Å². The Morgan fingerprint density at radius 1 is 1.24 bits per heavy atom. The molecule has 0 aromatic heterocycles. The van der Waals surface area contributed by atoms with Gasteiger partial charge in [-0.15, -0.1) is 0 Å². The number of nitrogen functional groups attached to an aromatic ring is 1. The number of hydrogen-bond acceptors (Lipinski definition) is 2. The predicted octanol–water partition coefficient (Wildman–Crippen LogP) is 3.69. The Kier molecular flexibility index (Phi) is 4.43. The van der Waals surface area contributed by atoms with Crippen molar-refractivity contribution < 1.29 is 13.6 Å². The maximum atomic E-state index is 13.6. The Balaban J connectivity index is 2.20. The van der Waals surface area contributed by atoms with Gasteiger partial charge in [0.15, 0.2) is 0 Å². The van der Waals surface area contributed by atoms with E-state index >= 15 is 0 Å². The van der Waals surface area contributed by atoms with E-state index in [1.54, 1.807) is 31.2 Å². The van der Waals surface area contributed by atoms with Crippen LogP contribution in [0.3, 0.4) is 0 Å². The van der Waals surface area contributed by atoms with Crippen LogP contribution in [-0.2, 0) is 0 Å². The molecule has 2 aromatic rings. The molecule has 3 N–H and O–H groups in total. The Morgan fingerprint density at radius 3 is 2.62 bits per heavy atom. The van der Waals surface area contributed by atoms with E-state index in [9.17, 15) is 13.6 Å². The van der Waals surface area contributed by atoms with Crippen LogP contribution < -0.4 is 11.1 Å². The number of carbonyl (C=O) groups is 1. The van der Waals surface area contributed by atoms with Gasteiger partial charge >= 0.3 is 0 Å². The number of anilines is 1. The van der Waals surface area contributed by atoms with Gasteiger partial charge in [0, 0.05) is 11.1 Å². The average molecular weight is 311 g/mol. The van der Waals surface area contributed by atoms with Crippen LogP contribution in [0, 0.1) is 11.6 Å². The summed E-state index contributed by atoms with van der Waals surface area (Å²) in [6, 6.07) is 8.12. The van der Waals surface area contributed by atoms with Crippen molar-refractivity contribution in [3.63, 3.8) is 0 Å². The zero-order valence-electron chi connectivity index (χ0n) is 11.2. The van der Waals surface area contributed by atoms with Gasteiger partial charge in [-0.1, -0.05) is 23.7 Å². The SMILES string of the molecule is CC(NC(=O)c1cc(N)c(F)cc1F)c1cccc(Cl)c1. The smallest absolute Gasteiger partial charge is 0.254 e. The summed E-state index contributed by atoms with van der Waals surface area (Å²) in [5.41, 5.74) is 5.54. The standard InChI is InChI=1S/C15H13ClF2N2O/c1-8(9-3-2-4-10(16)5-9)20-15(21)11-6-14(19)13(18)7-12(11)17/h2-8H,19H2,1H3,(H,20,21). The molecule has 0 spiro atoms. The Morgan fingerprint density at radius 2 is 1.95 bits per heavy atom. The normalized spacial score (nSPS) is 12.0. The molecule has 0 bridgehead atoms. The molecule has 0 aliphatic rings. The highest BCUT2D eigenvalue weighted by atomic mass is 35.5. The summed E-state index contributed by atoms with van der Waals surface area (Å²) in [6.45, 7) is 1.73. The molecule has 21 heavy (non-hydrogen) atoms. The van der Waals surface area contributed by atoms with Crippen molar-refractivity contribution in [1.29, 1.82) is 0 Å². The summed E-state index contributed by atoms with van der Waals surface area (Å²) < 4.78 is 26.7. The molecular formula is C15H13ClF2N2O. The lowest BCUT2D eigenvalue weighted by atomic mass is 10.1. The minimum Gasteiger partial charge on any atom is -0.396 e. The van der Waals surface area contributed by atoms with Crippen molar-refractivity contribution in [3.05, 3.63) is 64.2 Å². The quantitative estimate of drug-likeness (QED) is 0.849. The molecule has 0 heterocycles. The van der Waals surface area contributed by atoms with Crippen molar-refractivity contribution in [2.24, 2.45) is 0 Å². The topological polar surface area (TPSA) is 55.1 Å². The van der Waals surface area contributed by atoms with Crippen LogP contribution >= 0.6 is 11.6 Å². The second-order valence-corrected chi connectivity index (χ2v) is 5.04. The molecule has 110 valence electrons. The molecular weight excluding hydrogens is 298 g/mol. The van der Waals surface area contributed by atoms with Gasteiger partial charge in [0.05, 0.1) is 17.3 Å². The van der Waals surface area contributed by atoms with E-state index < -0.39 is 17.5 Å². The Hall–Kier alpha value is -2.14. The van der Waals surface area contributed by atoms with E-state index in [-0.39, 0.29) is 17.3 Å². The number of hydrogen-bond donors (Lipinski definition) is 2. The molecule has 0 aliphatic carbocycles. The van der Waals surface area contributed by atoms with Crippen LogP contribution in [-0.4, -0.2) is 5.91 Å². The average Bonchev–Trinajstić information content (AvgIpc) is 2.42. The van der Waals surface area contributed by atoms with Gasteiger partial charge in [-0.25, -0.2) is 8.78 Å². The van der Waals surface area contributed by atoms with Gasteiger partial charge in [0.25, 0.3) is 5.91 Å². The van der Waals surface area contributed by atoms with Gasteiger partial charge in [-0.2, -0.15) is 0 Å². The lowest BCUT2D eigenvalue weighted by Crippen LogP contribution is -2.27. The minimum absolute atomic E-state index is 0.281. The first-order chi connectivity index (χ1) is 9.88. The Labute approximate surface area is 125 Å².